The number of hydrogen-bond donors (Lipinski definition) is 2. The Kier molecular flexibility index (Phi) is 8.11. The van der Waals surface area contributed by atoms with E-state index in [1.165, 1.54) is 6.21 Å². The predicted octanol–water partition coefficient (Wildman–Crippen LogP) is 3.69. The number of nitrogens with one attached hydrogen (secondary N) is 1. The van der Waals surface area contributed by atoms with Crippen molar-refractivity contribution in [3.8, 4) is 0 Å². The molecule has 0 radical (unpaired) electrons. The maximum absolute atomic E-state index is 5.98. The summed E-state index contributed by atoms with van der Waals surface area (Å²) in [6.07, 6.45) is 3.11. The Labute approximate surface area is 150 Å². The second-order valence-electron chi connectivity index (χ2n) is 4.17. The topological polar surface area (TPSA) is 75.1 Å². The highest BCUT2D eigenvalue weighted by Gasteiger charge is 1.93. The summed E-state index contributed by atoms with van der Waals surface area (Å²) in [5, 5.41) is 12.8. The lowest BCUT2D eigenvalue weighted by Gasteiger charge is -1.97. The van der Waals surface area contributed by atoms with Crippen LogP contribution in [0.25, 0.3) is 0 Å². The second-order valence-corrected chi connectivity index (χ2v) is 5.02. The lowest BCUT2D eigenvalue weighted by atomic mass is 10.2. The van der Waals surface area contributed by atoms with Gasteiger partial charge in [0, 0.05) is 15.6 Å². The Hall–Kier alpha value is -2.08. The van der Waals surface area contributed by atoms with Crippen molar-refractivity contribution in [3.63, 3.8) is 0 Å². The lowest BCUT2D eigenvalue weighted by molar-refractivity contribution is 0.994. The van der Waals surface area contributed by atoms with Crippen molar-refractivity contribution in [3.05, 3.63) is 69.7 Å². The van der Waals surface area contributed by atoms with E-state index in [1.807, 2.05) is 30.3 Å². The van der Waals surface area contributed by atoms with Crippen LogP contribution in [0.5, 0.6) is 0 Å². The van der Waals surface area contributed by atoms with Crippen LogP contribution in [0, 0.1) is 0 Å². The largest absolute Gasteiger partial charge is 0.367 e. The van der Waals surface area contributed by atoms with Crippen molar-refractivity contribution >= 4 is 54.0 Å². The van der Waals surface area contributed by atoms with Crippen LogP contribution in [-0.4, -0.2) is 18.4 Å². The second kappa shape index (κ2) is 9.84. The van der Waals surface area contributed by atoms with Gasteiger partial charge in [0.25, 0.3) is 0 Å². The molecule has 0 atom stereocenters. The minimum absolute atomic E-state index is 0. The van der Waals surface area contributed by atoms with Gasteiger partial charge < -0.3 is 5.73 Å². The van der Waals surface area contributed by atoms with Gasteiger partial charge in [0.15, 0.2) is 0 Å². The van der Waals surface area contributed by atoms with E-state index < -0.39 is 0 Å². The summed E-state index contributed by atoms with van der Waals surface area (Å²) in [6.45, 7) is 0. The number of nitrogens with two attached hydrogens (primary N) is 1. The summed E-state index contributed by atoms with van der Waals surface area (Å²) in [4.78, 5) is 0. The summed E-state index contributed by atoms with van der Waals surface area (Å²) in [6, 6.07) is 14.5. The molecule has 0 spiro atoms. The standard InChI is InChI=1S/C15H13Cl2N5.ClH/c16-13-7-5-11(6-8-13)9-19-21-15(18)22-20-10-12-3-1-2-4-14(12)17;/h1-10H,(H3,18,21,22);1H. The van der Waals surface area contributed by atoms with Gasteiger partial charge in [-0.25, -0.2) is 5.43 Å². The maximum Gasteiger partial charge on any atom is 0.234 e. The summed E-state index contributed by atoms with van der Waals surface area (Å²) >= 11 is 11.8. The lowest BCUT2D eigenvalue weighted by Crippen LogP contribution is -2.26. The third kappa shape index (κ3) is 6.69. The predicted molar refractivity (Wildman–Crippen MR) is 100 cm³/mol. The fraction of sp³-hybridized carbons (Fsp3) is 0. The number of guanidine groups is 1. The summed E-state index contributed by atoms with van der Waals surface area (Å²) in [5.74, 6) is 0.0634. The molecule has 0 fully saturated rings. The molecule has 5 nitrogen and oxygen atoms in total. The van der Waals surface area contributed by atoms with E-state index in [4.69, 9.17) is 28.9 Å². The Morgan fingerprint density at radius 3 is 2.39 bits per heavy atom. The van der Waals surface area contributed by atoms with Crippen LogP contribution in [0.15, 0.2) is 63.8 Å². The molecule has 0 amide bonds. The van der Waals surface area contributed by atoms with Crippen LogP contribution >= 0.6 is 35.6 Å². The smallest absolute Gasteiger partial charge is 0.234 e. The van der Waals surface area contributed by atoms with E-state index in [-0.39, 0.29) is 18.4 Å². The zero-order chi connectivity index (χ0) is 15.8. The Morgan fingerprint density at radius 2 is 1.70 bits per heavy atom. The van der Waals surface area contributed by atoms with E-state index in [0.29, 0.717) is 10.0 Å². The van der Waals surface area contributed by atoms with Crippen LogP contribution in [0.2, 0.25) is 10.0 Å². The zero-order valence-electron chi connectivity index (χ0n) is 11.9. The van der Waals surface area contributed by atoms with Crippen molar-refractivity contribution in [2.75, 3.05) is 0 Å². The summed E-state index contributed by atoms with van der Waals surface area (Å²) < 4.78 is 0. The van der Waals surface area contributed by atoms with E-state index in [9.17, 15) is 0 Å². The third-order valence-corrected chi connectivity index (χ3v) is 3.13. The number of nitrogens with zero attached hydrogens (tertiary/aromatic N) is 3. The Bertz CT molecular complexity index is 711. The molecular formula is C15H14Cl3N5. The molecular weight excluding hydrogens is 357 g/mol. The Balaban J connectivity index is 0.00000264. The average Bonchev–Trinajstić information content (AvgIpc) is 2.51. The normalized spacial score (nSPS) is 11.7. The van der Waals surface area contributed by atoms with Gasteiger partial charge in [0.1, 0.15) is 0 Å². The van der Waals surface area contributed by atoms with Crippen molar-refractivity contribution in [1.82, 2.24) is 5.43 Å². The number of rotatable bonds is 4. The fourth-order valence-electron chi connectivity index (χ4n) is 1.48. The van der Waals surface area contributed by atoms with Gasteiger partial charge in [-0.15, -0.1) is 17.5 Å². The highest BCUT2D eigenvalue weighted by atomic mass is 35.5. The number of benzene rings is 2. The SMILES string of the molecule is Cl.NC(=NN=Cc1ccccc1Cl)NN=Cc1ccc(Cl)cc1. The third-order valence-electron chi connectivity index (χ3n) is 2.53. The van der Waals surface area contributed by atoms with Crippen LogP contribution in [0.3, 0.4) is 0 Å². The van der Waals surface area contributed by atoms with Gasteiger partial charge in [0.2, 0.25) is 5.96 Å². The minimum Gasteiger partial charge on any atom is -0.367 e. The summed E-state index contributed by atoms with van der Waals surface area (Å²) in [7, 11) is 0. The molecule has 0 saturated carbocycles. The molecule has 8 heteroatoms. The van der Waals surface area contributed by atoms with Crippen LogP contribution in [-0.2, 0) is 0 Å². The van der Waals surface area contributed by atoms with Gasteiger partial charge in [-0.1, -0.05) is 53.5 Å². The first-order valence-electron chi connectivity index (χ1n) is 6.31. The molecule has 2 aromatic carbocycles. The summed E-state index contributed by atoms with van der Waals surface area (Å²) in [5.41, 5.74) is 9.82. The van der Waals surface area contributed by atoms with Crippen molar-refractivity contribution in [1.29, 1.82) is 0 Å². The van der Waals surface area contributed by atoms with Gasteiger partial charge in [-0.05, 0) is 23.8 Å². The number of halogens is 3. The average molecular weight is 371 g/mol. The van der Waals surface area contributed by atoms with Gasteiger partial charge in [-0.2, -0.15) is 10.2 Å². The molecule has 2 rings (SSSR count). The molecule has 0 aliphatic heterocycles. The molecule has 0 heterocycles. The molecule has 120 valence electrons. The van der Waals surface area contributed by atoms with Gasteiger partial charge in [-0.3, -0.25) is 0 Å². The molecule has 0 unspecified atom stereocenters. The first kappa shape index (κ1) is 19.0. The zero-order valence-corrected chi connectivity index (χ0v) is 14.2. The van der Waals surface area contributed by atoms with Crippen molar-refractivity contribution in [2.24, 2.45) is 21.0 Å². The van der Waals surface area contributed by atoms with Crippen LogP contribution in [0.4, 0.5) is 0 Å². The van der Waals surface area contributed by atoms with E-state index in [2.05, 4.69) is 20.7 Å². The van der Waals surface area contributed by atoms with Crippen molar-refractivity contribution in [2.45, 2.75) is 0 Å². The Morgan fingerprint density at radius 1 is 1.00 bits per heavy atom. The molecule has 3 N–H and O–H groups in total. The molecule has 2 aromatic rings. The fourth-order valence-corrected chi connectivity index (χ4v) is 1.79. The van der Waals surface area contributed by atoms with Gasteiger partial charge >= 0.3 is 0 Å². The molecule has 0 saturated heterocycles. The monoisotopic (exact) mass is 369 g/mol. The first-order chi connectivity index (χ1) is 10.6. The molecule has 0 aliphatic rings. The minimum atomic E-state index is 0. The van der Waals surface area contributed by atoms with Crippen LogP contribution < -0.4 is 11.2 Å². The van der Waals surface area contributed by atoms with E-state index in [0.717, 1.165) is 11.1 Å². The first-order valence-corrected chi connectivity index (χ1v) is 7.06. The van der Waals surface area contributed by atoms with Crippen LogP contribution in [0.1, 0.15) is 11.1 Å². The van der Waals surface area contributed by atoms with E-state index >= 15 is 0 Å². The van der Waals surface area contributed by atoms with E-state index in [1.54, 1.807) is 24.4 Å². The quantitative estimate of drug-likeness (QED) is 0.489. The molecule has 0 aliphatic carbocycles. The number of hydrazone groups is 1. The van der Waals surface area contributed by atoms with Crippen molar-refractivity contribution < 1.29 is 0 Å². The van der Waals surface area contributed by atoms with Gasteiger partial charge in [0.05, 0.1) is 12.4 Å². The molecule has 0 bridgehead atoms. The highest BCUT2D eigenvalue weighted by Crippen LogP contribution is 2.12. The maximum atomic E-state index is 5.98. The molecule has 23 heavy (non-hydrogen) atoms. The molecule has 0 aromatic heterocycles. The number of hydrogen-bond acceptors (Lipinski definition) is 3. The highest BCUT2D eigenvalue weighted by molar-refractivity contribution is 6.33.